The molecule has 0 aliphatic rings. The normalized spacial score (nSPS) is 11.4. The molecule has 0 radical (unpaired) electrons. The molecule has 0 bridgehead atoms. The molecule has 1 aromatic rings. The van der Waals surface area contributed by atoms with E-state index in [-0.39, 0.29) is 5.75 Å². The van der Waals surface area contributed by atoms with Crippen molar-refractivity contribution in [2.45, 2.75) is 26.7 Å². The smallest absolute Gasteiger partial charge is 0.213 e. The third-order valence-corrected chi connectivity index (χ3v) is 4.24. The van der Waals surface area contributed by atoms with Crippen LogP contribution in [0.25, 0.3) is 0 Å². The van der Waals surface area contributed by atoms with E-state index in [9.17, 15) is 8.42 Å². The molecule has 0 unspecified atom stereocenters. The van der Waals surface area contributed by atoms with Gasteiger partial charge in [0.1, 0.15) is 17.5 Å². The molecule has 1 aromatic heterocycles. The minimum Gasteiger partial charge on any atom is -0.373 e. The molecular formula is C12H23N5O2S. The van der Waals surface area contributed by atoms with Crippen LogP contribution in [0.1, 0.15) is 24.7 Å². The van der Waals surface area contributed by atoms with Crippen LogP contribution in [0.3, 0.4) is 0 Å². The first-order valence-corrected chi connectivity index (χ1v) is 8.29. The maximum Gasteiger partial charge on any atom is 0.213 e. The Kier molecular flexibility index (Phi) is 6.15. The van der Waals surface area contributed by atoms with Gasteiger partial charge in [0.05, 0.1) is 5.75 Å². The van der Waals surface area contributed by atoms with E-state index in [0.29, 0.717) is 12.4 Å². The molecule has 0 saturated heterocycles. The van der Waals surface area contributed by atoms with Crippen LogP contribution in [-0.4, -0.2) is 44.8 Å². The van der Waals surface area contributed by atoms with Crippen LogP contribution in [0.4, 0.5) is 11.6 Å². The summed E-state index contributed by atoms with van der Waals surface area (Å²) in [5.74, 6) is 2.20. The highest BCUT2D eigenvalue weighted by atomic mass is 32.2. The van der Waals surface area contributed by atoms with E-state index < -0.39 is 10.0 Å². The van der Waals surface area contributed by atoms with E-state index in [1.165, 1.54) is 7.05 Å². The number of aromatic nitrogens is 2. The van der Waals surface area contributed by atoms with Gasteiger partial charge in [0, 0.05) is 25.6 Å². The van der Waals surface area contributed by atoms with E-state index in [2.05, 4.69) is 32.2 Å². The second-order valence-electron chi connectivity index (χ2n) is 4.41. The van der Waals surface area contributed by atoms with Crippen LogP contribution in [-0.2, 0) is 16.4 Å². The van der Waals surface area contributed by atoms with Gasteiger partial charge in [0.15, 0.2) is 0 Å². The van der Waals surface area contributed by atoms with Crippen molar-refractivity contribution in [1.82, 2.24) is 14.7 Å². The van der Waals surface area contributed by atoms with Crippen LogP contribution in [0.2, 0.25) is 0 Å². The molecule has 0 aromatic carbocycles. The number of hydrogen-bond acceptors (Lipinski definition) is 6. The first-order valence-electron chi connectivity index (χ1n) is 6.63. The highest BCUT2D eigenvalue weighted by molar-refractivity contribution is 7.89. The summed E-state index contributed by atoms with van der Waals surface area (Å²) in [5.41, 5.74) is 0.884. The van der Waals surface area contributed by atoms with Crippen molar-refractivity contribution in [3.05, 3.63) is 11.4 Å². The van der Waals surface area contributed by atoms with Crippen molar-refractivity contribution >= 4 is 21.7 Å². The number of rotatable bonds is 8. The fourth-order valence-corrected chi connectivity index (χ4v) is 2.29. The third kappa shape index (κ3) is 4.61. The Morgan fingerprint density at radius 1 is 1.15 bits per heavy atom. The Morgan fingerprint density at radius 2 is 1.80 bits per heavy atom. The monoisotopic (exact) mass is 301 g/mol. The quantitative estimate of drug-likeness (QED) is 0.655. The molecule has 114 valence electrons. The lowest BCUT2D eigenvalue weighted by Crippen LogP contribution is -2.26. The van der Waals surface area contributed by atoms with E-state index in [4.69, 9.17) is 0 Å². The van der Waals surface area contributed by atoms with Crippen LogP contribution < -0.4 is 15.4 Å². The third-order valence-electron chi connectivity index (χ3n) is 2.88. The zero-order valence-electron chi connectivity index (χ0n) is 12.4. The van der Waals surface area contributed by atoms with E-state index in [0.717, 1.165) is 30.0 Å². The Morgan fingerprint density at radius 3 is 2.35 bits per heavy atom. The number of aryl methyl sites for hydroxylation is 1. The second-order valence-corrected chi connectivity index (χ2v) is 6.46. The summed E-state index contributed by atoms with van der Waals surface area (Å²) in [6.07, 6.45) is 1.75. The summed E-state index contributed by atoms with van der Waals surface area (Å²) in [6.45, 7) is 4.26. The molecule has 3 N–H and O–H groups in total. The summed E-state index contributed by atoms with van der Waals surface area (Å²) in [6, 6.07) is 0. The molecule has 0 atom stereocenters. The Labute approximate surface area is 120 Å². The molecule has 0 aliphatic carbocycles. The van der Waals surface area contributed by atoms with Gasteiger partial charge < -0.3 is 10.6 Å². The van der Waals surface area contributed by atoms with Crippen molar-refractivity contribution in [2.75, 3.05) is 37.0 Å². The van der Waals surface area contributed by atoms with E-state index in [1.807, 2.05) is 6.92 Å². The number of anilines is 2. The molecule has 8 heteroatoms. The van der Waals surface area contributed by atoms with E-state index >= 15 is 0 Å². The molecule has 7 nitrogen and oxygen atoms in total. The van der Waals surface area contributed by atoms with Crippen LogP contribution in [0.5, 0.6) is 0 Å². The van der Waals surface area contributed by atoms with Crippen LogP contribution in [0.15, 0.2) is 0 Å². The second kappa shape index (κ2) is 7.39. The molecule has 0 spiro atoms. The summed E-state index contributed by atoms with van der Waals surface area (Å²) < 4.78 is 25.0. The minimum atomic E-state index is -3.21. The molecule has 0 saturated carbocycles. The van der Waals surface area contributed by atoms with Crippen molar-refractivity contribution < 1.29 is 8.42 Å². The fourth-order valence-electron chi connectivity index (χ4n) is 1.72. The van der Waals surface area contributed by atoms with Crippen LogP contribution >= 0.6 is 0 Å². The standard InChI is InChI=1S/C12H23N5O2S/c1-5-6-10-16-11(13-3)9(2)12(17-10)15-7-8-20(18,19)14-4/h14H,5-8H2,1-4H3,(H2,13,15,16,17). The SMILES string of the molecule is CCCc1nc(NC)c(C)c(NCCS(=O)(=O)NC)n1. The van der Waals surface area contributed by atoms with Gasteiger partial charge in [-0.25, -0.2) is 23.1 Å². The van der Waals surface area contributed by atoms with Crippen molar-refractivity contribution in [3.63, 3.8) is 0 Å². The first kappa shape index (κ1) is 16.6. The van der Waals surface area contributed by atoms with Crippen molar-refractivity contribution in [3.8, 4) is 0 Å². The average Bonchev–Trinajstić information content (AvgIpc) is 2.42. The highest BCUT2D eigenvalue weighted by Gasteiger charge is 2.11. The lowest BCUT2D eigenvalue weighted by molar-refractivity contribution is 0.588. The first-order chi connectivity index (χ1) is 9.43. The minimum absolute atomic E-state index is 0.00490. The summed E-state index contributed by atoms with van der Waals surface area (Å²) in [4.78, 5) is 8.86. The number of nitrogens with zero attached hydrogens (tertiary/aromatic N) is 2. The Bertz CT molecular complexity index is 545. The fraction of sp³-hybridized carbons (Fsp3) is 0.667. The van der Waals surface area contributed by atoms with Crippen LogP contribution in [0, 0.1) is 6.92 Å². The largest absolute Gasteiger partial charge is 0.373 e. The number of hydrogen-bond donors (Lipinski definition) is 3. The van der Waals surface area contributed by atoms with Gasteiger partial charge in [-0.15, -0.1) is 0 Å². The molecule has 0 fully saturated rings. The van der Waals surface area contributed by atoms with Gasteiger partial charge in [0.25, 0.3) is 0 Å². The van der Waals surface area contributed by atoms with Gasteiger partial charge in [-0.1, -0.05) is 6.92 Å². The van der Waals surface area contributed by atoms with Gasteiger partial charge >= 0.3 is 0 Å². The average molecular weight is 301 g/mol. The van der Waals surface area contributed by atoms with Crippen molar-refractivity contribution in [2.24, 2.45) is 0 Å². The predicted octanol–water partition coefficient (Wildman–Crippen LogP) is 0.740. The van der Waals surface area contributed by atoms with Gasteiger partial charge in [-0.2, -0.15) is 0 Å². The summed E-state index contributed by atoms with van der Waals surface area (Å²) in [5, 5.41) is 6.10. The topological polar surface area (TPSA) is 96.0 Å². The van der Waals surface area contributed by atoms with E-state index in [1.54, 1.807) is 7.05 Å². The zero-order chi connectivity index (χ0) is 15.2. The zero-order valence-corrected chi connectivity index (χ0v) is 13.3. The molecule has 1 heterocycles. The molecule has 0 amide bonds. The van der Waals surface area contributed by atoms with Gasteiger partial charge in [-0.05, 0) is 20.4 Å². The van der Waals surface area contributed by atoms with Gasteiger partial charge in [-0.3, -0.25) is 0 Å². The number of sulfonamides is 1. The van der Waals surface area contributed by atoms with Crippen molar-refractivity contribution in [1.29, 1.82) is 0 Å². The summed E-state index contributed by atoms with van der Waals surface area (Å²) >= 11 is 0. The Balaban J connectivity index is 2.85. The number of nitrogens with one attached hydrogen (secondary N) is 3. The lowest BCUT2D eigenvalue weighted by atomic mass is 10.2. The molecule has 20 heavy (non-hydrogen) atoms. The molecular weight excluding hydrogens is 278 g/mol. The predicted molar refractivity (Wildman–Crippen MR) is 81.6 cm³/mol. The maximum atomic E-state index is 11.4. The maximum absolute atomic E-state index is 11.4. The highest BCUT2D eigenvalue weighted by Crippen LogP contribution is 2.19. The molecule has 1 rings (SSSR count). The summed E-state index contributed by atoms with van der Waals surface area (Å²) in [7, 11) is 0.00228. The van der Waals surface area contributed by atoms with Gasteiger partial charge in [0.2, 0.25) is 10.0 Å². The Hall–Kier alpha value is -1.41. The molecule has 0 aliphatic heterocycles. The lowest BCUT2D eigenvalue weighted by Gasteiger charge is -2.13.